The van der Waals surface area contributed by atoms with Gasteiger partial charge in [0.25, 0.3) is 0 Å². The number of para-hydroxylation sites is 2. The number of benzene rings is 10. The van der Waals surface area contributed by atoms with Gasteiger partial charge in [0.15, 0.2) is 0 Å². The molecular weight excluding hydrogens is 725 g/mol. The van der Waals surface area contributed by atoms with Crippen molar-refractivity contribution in [1.82, 2.24) is 4.57 Å². The highest BCUT2D eigenvalue weighted by atomic mass is 15.1. The Bertz CT molecular complexity index is 3210. The fourth-order valence-electron chi connectivity index (χ4n) is 8.94. The standard InChI is InChI=1S/C58H40N2/c1-3-14-41(15-4-1)47-20-11-21-51(40-47)59(49-38-32-45(33-39-49)53-25-13-19-46-18-12-24-52(58(46)53)44-16-5-2-6-17-44)48-34-28-42(29-35-48)43-30-36-50(37-31-43)60-56-26-9-7-22-54(56)55-23-8-10-27-57(55)60/h1-40H. The number of hydrogen-bond acceptors (Lipinski definition) is 1. The highest BCUT2D eigenvalue weighted by Gasteiger charge is 2.17. The molecule has 10 aromatic carbocycles. The molecule has 2 nitrogen and oxygen atoms in total. The second-order valence-electron chi connectivity index (χ2n) is 15.3. The molecule has 0 aliphatic heterocycles. The molecular formula is C58H40N2. The number of aromatic nitrogens is 1. The second kappa shape index (κ2) is 15.1. The van der Waals surface area contributed by atoms with Crippen LogP contribution in [0.2, 0.25) is 0 Å². The van der Waals surface area contributed by atoms with Gasteiger partial charge in [0.2, 0.25) is 0 Å². The minimum absolute atomic E-state index is 1.09. The summed E-state index contributed by atoms with van der Waals surface area (Å²) < 4.78 is 2.37. The van der Waals surface area contributed by atoms with Gasteiger partial charge in [-0.2, -0.15) is 0 Å². The molecule has 0 saturated heterocycles. The maximum absolute atomic E-state index is 2.37. The Balaban J connectivity index is 0.966. The molecule has 1 heterocycles. The molecule has 0 bridgehead atoms. The van der Waals surface area contributed by atoms with Crippen molar-refractivity contribution in [3.8, 4) is 50.2 Å². The summed E-state index contributed by atoms with van der Waals surface area (Å²) >= 11 is 0. The molecule has 0 amide bonds. The molecule has 11 aromatic rings. The minimum Gasteiger partial charge on any atom is -0.310 e. The Kier molecular flexibility index (Phi) is 8.87. The van der Waals surface area contributed by atoms with Crippen molar-refractivity contribution >= 4 is 49.6 Å². The van der Waals surface area contributed by atoms with Crippen molar-refractivity contribution in [3.63, 3.8) is 0 Å². The molecule has 0 atom stereocenters. The Morgan fingerprint density at radius 1 is 0.283 bits per heavy atom. The summed E-state index contributed by atoms with van der Waals surface area (Å²) in [7, 11) is 0. The van der Waals surface area contributed by atoms with Crippen LogP contribution in [0.25, 0.3) is 82.8 Å². The second-order valence-corrected chi connectivity index (χ2v) is 15.3. The zero-order valence-electron chi connectivity index (χ0n) is 33.0. The Labute approximate surface area is 350 Å². The molecule has 0 aliphatic carbocycles. The molecule has 0 saturated carbocycles. The summed E-state index contributed by atoms with van der Waals surface area (Å²) in [5.74, 6) is 0. The van der Waals surface area contributed by atoms with Gasteiger partial charge in [0.05, 0.1) is 11.0 Å². The van der Waals surface area contributed by atoms with Gasteiger partial charge in [-0.1, -0.05) is 182 Å². The monoisotopic (exact) mass is 764 g/mol. The average Bonchev–Trinajstić information content (AvgIpc) is 3.67. The number of hydrogen-bond donors (Lipinski definition) is 0. The first-order valence-corrected chi connectivity index (χ1v) is 20.6. The van der Waals surface area contributed by atoms with Crippen LogP contribution in [0.1, 0.15) is 0 Å². The quantitative estimate of drug-likeness (QED) is 0.150. The average molecular weight is 765 g/mol. The summed E-state index contributed by atoms with van der Waals surface area (Å²) in [6.07, 6.45) is 0. The van der Waals surface area contributed by atoms with E-state index in [4.69, 9.17) is 0 Å². The fraction of sp³-hybridized carbons (Fsp3) is 0. The lowest BCUT2D eigenvalue weighted by Crippen LogP contribution is -2.10. The van der Waals surface area contributed by atoms with Gasteiger partial charge in [-0.25, -0.2) is 0 Å². The van der Waals surface area contributed by atoms with Crippen LogP contribution in [-0.2, 0) is 0 Å². The van der Waals surface area contributed by atoms with E-state index in [9.17, 15) is 0 Å². The Morgan fingerprint density at radius 3 is 1.30 bits per heavy atom. The van der Waals surface area contributed by atoms with Gasteiger partial charge in [0, 0.05) is 33.5 Å². The third kappa shape index (κ3) is 6.32. The maximum Gasteiger partial charge on any atom is 0.0541 e. The number of anilines is 3. The van der Waals surface area contributed by atoms with E-state index in [0.717, 1.165) is 22.7 Å². The van der Waals surface area contributed by atoms with Crippen LogP contribution in [0.3, 0.4) is 0 Å². The molecule has 0 unspecified atom stereocenters. The van der Waals surface area contributed by atoms with E-state index in [0.29, 0.717) is 0 Å². The lowest BCUT2D eigenvalue weighted by Gasteiger charge is -2.26. The first-order chi connectivity index (χ1) is 29.8. The van der Waals surface area contributed by atoms with Gasteiger partial charge in [-0.3, -0.25) is 0 Å². The summed E-state index contributed by atoms with van der Waals surface area (Å²) in [6.45, 7) is 0. The summed E-state index contributed by atoms with van der Waals surface area (Å²) in [6, 6.07) is 87.7. The fourth-order valence-corrected chi connectivity index (χ4v) is 8.94. The first-order valence-electron chi connectivity index (χ1n) is 20.6. The number of fused-ring (bicyclic) bond motifs is 4. The third-order valence-electron chi connectivity index (χ3n) is 11.8. The third-order valence-corrected chi connectivity index (χ3v) is 11.8. The van der Waals surface area contributed by atoms with Crippen LogP contribution in [0.15, 0.2) is 243 Å². The van der Waals surface area contributed by atoms with Crippen molar-refractivity contribution in [3.05, 3.63) is 243 Å². The van der Waals surface area contributed by atoms with Crippen LogP contribution in [-0.4, -0.2) is 4.57 Å². The zero-order valence-corrected chi connectivity index (χ0v) is 33.0. The Morgan fingerprint density at radius 2 is 0.717 bits per heavy atom. The predicted octanol–water partition coefficient (Wildman–Crippen LogP) is 16.1. The van der Waals surface area contributed by atoms with Crippen molar-refractivity contribution < 1.29 is 0 Å². The zero-order chi connectivity index (χ0) is 39.8. The van der Waals surface area contributed by atoms with E-state index in [1.54, 1.807) is 0 Å². The van der Waals surface area contributed by atoms with Crippen LogP contribution in [0.5, 0.6) is 0 Å². The largest absolute Gasteiger partial charge is 0.310 e. The Hall–Kier alpha value is -7.94. The molecule has 0 fully saturated rings. The molecule has 0 radical (unpaired) electrons. The lowest BCUT2D eigenvalue weighted by atomic mass is 9.91. The first kappa shape index (κ1) is 35.2. The van der Waals surface area contributed by atoms with E-state index in [1.807, 2.05) is 0 Å². The van der Waals surface area contributed by atoms with Gasteiger partial charge in [0.1, 0.15) is 0 Å². The summed E-state index contributed by atoms with van der Waals surface area (Å²) in [5, 5.41) is 5.04. The van der Waals surface area contributed by atoms with Crippen LogP contribution in [0, 0.1) is 0 Å². The molecule has 1 aromatic heterocycles. The topological polar surface area (TPSA) is 8.17 Å². The molecule has 0 aliphatic rings. The van der Waals surface area contributed by atoms with Gasteiger partial charge in [-0.05, 0) is 116 Å². The van der Waals surface area contributed by atoms with Crippen molar-refractivity contribution in [2.24, 2.45) is 0 Å². The van der Waals surface area contributed by atoms with E-state index < -0.39 is 0 Å². The van der Waals surface area contributed by atoms with E-state index >= 15 is 0 Å². The molecule has 282 valence electrons. The number of nitrogens with zero attached hydrogens (tertiary/aromatic N) is 2. The van der Waals surface area contributed by atoms with E-state index in [1.165, 1.54) is 77.1 Å². The number of rotatable bonds is 8. The molecule has 60 heavy (non-hydrogen) atoms. The SMILES string of the molecule is c1ccc(-c2cccc(N(c3ccc(-c4ccc(-n5c6ccccc6c6ccccc65)cc4)cc3)c3ccc(-c4cccc5cccc(-c6ccccc6)c45)cc3)c2)cc1. The normalized spacial score (nSPS) is 11.3. The van der Waals surface area contributed by atoms with Crippen molar-refractivity contribution in [1.29, 1.82) is 0 Å². The summed E-state index contributed by atoms with van der Waals surface area (Å²) in [5.41, 5.74) is 16.5. The maximum atomic E-state index is 2.37. The smallest absolute Gasteiger partial charge is 0.0541 e. The molecule has 2 heteroatoms. The van der Waals surface area contributed by atoms with Crippen molar-refractivity contribution in [2.45, 2.75) is 0 Å². The van der Waals surface area contributed by atoms with Crippen molar-refractivity contribution in [2.75, 3.05) is 4.90 Å². The van der Waals surface area contributed by atoms with Gasteiger partial charge < -0.3 is 9.47 Å². The molecule has 11 rings (SSSR count). The molecule has 0 N–H and O–H groups in total. The highest BCUT2D eigenvalue weighted by Crippen LogP contribution is 2.41. The predicted molar refractivity (Wildman–Crippen MR) is 255 cm³/mol. The van der Waals surface area contributed by atoms with Crippen LogP contribution in [0.4, 0.5) is 17.1 Å². The molecule has 0 spiro atoms. The highest BCUT2D eigenvalue weighted by molar-refractivity contribution is 6.09. The van der Waals surface area contributed by atoms with E-state index in [2.05, 4.69) is 252 Å². The van der Waals surface area contributed by atoms with Gasteiger partial charge >= 0.3 is 0 Å². The van der Waals surface area contributed by atoms with Crippen LogP contribution < -0.4 is 4.90 Å². The lowest BCUT2D eigenvalue weighted by molar-refractivity contribution is 1.18. The van der Waals surface area contributed by atoms with Crippen LogP contribution >= 0.6 is 0 Å². The van der Waals surface area contributed by atoms with E-state index in [-0.39, 0.29) is 0 Å². The van der Waals surface area contributed by atoms with Gasteiger partial charge in [-0.15, -0.1) is 0 Å². The minimum atomic E-state index is 1.09. The summed E-state index contributed by atoms with van der Waals surface area (Å²) in [4.78, 5) is 2.36.